The van der Waals surface area contributed by atoms with Gasteiger partial charge in [0.2, 0.25) is 0 Å². The minimum atomic E-state index is 0.217. The smallest absolute Gasteiger partial charge is 0.0726 e. The third kappa shape index (κ3) is 2.93. The van der Waals surface area contributed by atoms with Gasteiger partial charge in [-0.05, 0) is 37.8 Å². The summed E-state index contributed by atoms with van der Waals surface area (Å²) in [5.41, 5.74) is 4.59. The lowest BCUT2D eigenvalue weighted by Gasteiger charge is -2.22. The number of aryl methyl sites for hydroxylation is 1. The van der Waals surface area contributed by atoms with Crippen LogP contribution in [0.25, 0.3) is 10.9 Å². The summed E-state index contributed by atoms with van der Waals surface area (Å²) in [6.07, 6.45) is 2.73. The topological polar surface area (TPSA) is 45.2 Å². The van der Waals surface area contributed by atoms with E-state index in [-0.39, 0.29) is 6.61 Å². The molecule has 0 bridgehead atoms. The Hall–Kier alpha value is -1.61. The summed E-state index contributed by atoms with van der Waals surface area (Å²) in [6, 6.07) is 8.55. The van der Waals surface area contributed by atoms with E-state index in [1.54, 1.807) is 0 Å². The zero-order chi connectivity index (χ0) is 14.5. The Labute approximate surface area is 121 Å². The lowest BCUT2D eigenvalue weighted by Crippen LogP contribution is -2.21. The van der Waals surface area contributed by atoms with Gasteiger partial charge in [-0.3, -0.25) is 4.98 Å². The zero-order valence-corrected chi connectivity index (χ0v) is 12.6. The number of pyridine rings is 1. The van der Waals surface area contributed by atoms with Gasteiger partial charge >= 0.3 is 0 Å². The third-order valence-electron chi connectivity index (χ3n) is 3.87. The predicted octanol–water partition coefficient (Wildman–Crippen LogP) is 3.68. The molecule has 2 aromatic rings. The molecule has 1 aromatic carbocycles. The van der Waals surface area contributed by atoms with Gasteiger partial charge in [0.1, 0.15) is 0 Å². The highest BCUT2D eigenvalue weighted by atomic mass is 16.3. The average molecular weight is 272 g/mol. The fourth-order valence-electron chi connectivity index (χ4n) is 2.71. The minimum Gasteiger partial charge on any atom is -0.396 e. The van der Waals surface area contributed by atoms with Crippen LogP contribution in [-0.2, 0) is 6.42 Å². The fourth-order valence-corrected chi connectivity index (χ4v) is 2.71. The quantitative estimate of drug-likeness (QED) is 0.843. The van der Waals surface area contributed by atoms with Crippen molar-refractivity contribution in [2.24, 2.45) is 0 Å². The van der Waals surface area contributed by atoms with Crippen LogP contribution in [0.2, 0.25) is 0 Å². The van der Waals surface area contributed by atoms with Gasteiger partial charge in [0, 0.05) is 29.4 Å². The van der Waals surface area contributed by atoms with Crippen molar-refractivity contribution in [2.75, 3.05) is 11.9 Å². The Balaban J connectivity index is 2.52. The zero-order valence-electron chi connectivity index (χ0n) is 12.6. The summed E-state index contributed by atoms with van der Waals surface area (Å²) < 4.78 is 0. The maximum atomic E-state index is 9.19. The molecule has 1 unspecified atom stereocenters. The van der Waals surface area contributed by atoms with Gasteiger partial charge in [-0.2, -0.15) is 0 Å². The molecule has 1 aromatic heterocycles. The van der Waals surface area contributed by atoms with E-state index < -0.39 is 0 Å². The summed E-state index contributed by atoms with van der Waals surface area (Å²) in [6.45, 7) is 6.60. The first-order valence-electron chi connectivity index (χ1n) is 7.46. The molecule has 0 aliphatic rings. The number of benzene rings is 1. The number of hydrogen-bond acceptors (Lipinski definition) is 3. The summed E-state index contributed by atoms with van der Waals surface area (Å²) in [7, 11) is 0. The molecule has 3 nitrogen and oxygen atoms in total. The Bertz CT molecular complexity index is 580. The highest BCUT2D eigenvalue weighted by Crippen LogP contribution is 2.30. The van der Waals surface area contributed by atoms with Crippen LogP contribution in [-0.4, -0.2) is 22.7 Å². The largest absolute Gasteiger partial charge is 0.396 e. The molecule has 1 heterocycles. The molecular formula is C17H24N2O. The second kappa shape index (κ2) is 6.71. The normalized spacial score (nSPS) is 12.6. The van der Waals surface area contributed by atoms with Crippen molar-refractivity contribution in [3.05, 3.63) is 35.5 Å². The minimum absolute atomic E-state index is 0.217. The monoisotopic (exact) mass is 272 g/mol. The molecule has 0 amide bonds. The van der Waals surface area contributed by atoms with E-state index in [4.69, 9.17) is 4.98 Å². The molecule has 2 N–H and O–H groups in total. The first-order valence-corrected chi connectivity index (χ1v) is 7.46. The maximum absolute atomic E-state index is 9.19. The molecule has 1 atom stereocenters. The van der Waals surface area contributed by atoms with Gasteiger partial charge in [-0.15, -0.1) is 0 Å². The second-order valence-corrected chi connectivity index (χ2v) is 5.18. The number of para-hydroxylation sites is 1. The van der Waals surface area contributed by atoms with Crippen LogP contribution in [0.1, 0.15) is 37.9 Å². The van der Waals surface area contributed by atoms with E-state index in [1.807, 2.05) is 6.07 Å². The van der Waals surface area contributed by atoms with Crippen molar-refractivity contribution in [1.29, 1.82) is 0 Å². The van der Waals surface area contributed by atoms with E-state index in [1.165, 1.54) is 16.6 Å². The molecule has 20 heavy (non-hydrogen) atoms. The SMILES string of the molecule is CCc1c(C)nc2ccccc2c1NC(CC)CCO. The number of aliphatic hydroxyl groups is 1. The van der Waals surface area contributed by atoms with Gasteiger partial charge < -0.3 is 10.4 Å². The molecule has 108 valence electrons. The Morgan fingerprint density at radius 2 is 2.00 bits per heavy atom. The molecule has 3 heteroatoms. The fraction of sp³-hybridized carbons (Fsp3) is 0.471. The standard InChI is InChI=1S/C17H24N2O/c1-4-13(10-11-20)19-17-14(5-2)12(3)18-16-9-7-6-8-15(16)17/h6-9,13,20H,4-5,10-11H2,1-3H3,(H,18,19). The highest BCUT2D eigenvalue weighted by Gasteiger charge is 2.14. The van der Waals surface area contributed by atoms with Crippen molar-refractivity contribution < 1.29 is 5.11 Å². The summed E-state index contributed by atoms with van der Waals surface area (Å²) in [5.74, 6) is 0. The van der Waals surface area contributed by atoms with Crippen LogP contribution >= 0.6 is 0 Å². The second-order valence-electron chi connectivity index (χ2n) is 5.18. The maximum Gasteiger partial charge on any atom is 0.0726 e. The van der Waals surface area contributed by atoms with Crippen LogP contribution < -0.4 is 5.32 Å². The Morgan fingerprint density at radius 3 is 2.65 bits per heavy atom. The highest BCUT2D eigenvalue weighted by molar-refractivity contribution is 5.93. The number of fused-ring (bicyclic) bond motifs is 1. The number of hydrogen-bond donors (Lipinski definition) is 2. The van der Waals surface area contributed by atoms with E-state index in [9.17, 15) is 5.11 Å². The molecule has 0 aliphatic carbocycles. The van der Waals surface area contributed by atoms with E-state index in [2.05, 4.69) is 44.3 Å². The van der Waals surface area contributed by atoms with E-state index >= 15 is 0 Å². The molecule has 0 fully saturated rings. The van der Waals surface area contributed by atoms with Gasteiger partial charge in [-0.1, -0.05) is 32.0 Å². The Kier molecular flexibility index (Phi) is 4.96. The predicted molar refractivity (Wildman–Crippen MR) is 85.3 cm³/mol. The van der Waals surface area contributed by atoms with Crippen molar-refractivity contribution >= 4 is 16.6 Å². The molecule has 0 saturated heterocycles. The van der Waals surface area contributed by atoms with Crippen LogP contribution in [0.4, 0.5) is 5.69 Å². The van der Waals surface area contributed by atoms with E-state index in [0.717, 1.165) is 30.5 Å². The first-order chi connectivity index (χ1) is 9.71. The molecule has 2 rings (SSSR count). The number of nitrogens with one attached hydrogen (secondary N) is 1. The van der Waals surface area contributed by atoms with Crippen LogP contribution in [0, 0.1) is 6.92 Å². The molecule has 0 spiro atoms. The molecule has 0 saturated carbocycles. The molecule has 0 radical (unpaired) electrons. The van der Waals surface area contributed by atoms with Gasteiger partial charge in [-0.25, -0.2) is 0 Å². The average Bonchev–Trinajstić information content (AvgIpc) is 2.46. The van der Waals surface area contributed by atoms with Crippen molar-refractivity contribution in [3.63, 3.8) is 0 Å². The summed E-state index contributed by atoms with van der Waals surface area (Å²) >= 11 is 0. The molecular weight excluding hydrogens is 248 g/mol. The van der Waals surface area contributed by atoms with Gasteiger partial charge in [0.15, 0.2) is 0 Å². The first kappa shape index (κ1) is 14.8. The van der Waals surface area contributed by atoms with Crippen LogP contribution in [0.3, 0.4) is 0 Å². The number of nitrogens with zero attached hydrogens (tertiary/aromatic N) is 1. The van der Waals surface area contributed by atoms with Gasteiger partial charge in [0.25, 0.3) is 0 Å². The lowest BCUT2D eigenvalue weighted by atomic mass is 10.0. The van der Waals surface area contributed by atoms with Crippen LogP contribution in [0.15, 0.2) is 24.3 Å². The van der Waals surface area contributed by atoms with Crippen molar-refractivity contribution in [1.82, 2.24) is 4.98 Å². The number of rotatable bonds is 6. The Morgan fingerprint density at radius 1 is 1.25 bits per heavy atom. The lowest BCUT2D eigenvalue weighted by molar-refractivity contribution is 0.278. The van der Waals surface area contributed by atoms with Crippen molar-refractivity contribution in [3.8, 4) is 0 Å². The molecule has 0 aliphatic heterocycles. The van der Waals surface area contributed by atoms with Crippen molar-refractivity contribution in [2.45, 2.75) is 46.1 Å². The summed E-state index contributed by atoms with van der Waals surface area (Å²) in [4.78, 5) is 4.70. The number of anilines is 1. The third-order valence-corrected chi connectivity index (χ3v) is 3.87. The van der Waals surface area contributed by atoms with E-state index in [0.29, 0.717) is 6.04 Å². The number of aromatic nitrogens is 1. The van der Waals surface area contributed by atoms with Crippen LogP contribution in [0.5, 0.6) is 0 Å². The summed E-state index contributed by atoms with van der Waals surface area (Å²) in [5, 5.41) is 14.0. The van der Waals surface area contributed by atoms with Gasteiger partial charge in [0.05, 0.1) is 5.52 Å². The number of aliphatic hydroxyl groups excluding tert-OH is 1.